The highest BCUT2D eigenvalue weighted by atomic mass is 19.2. The normalized spacial score (nSPS) is 16.3. The summed E-state index contributed by atoms with van der Waals surface area (Å²) in [5.41, 5.74) is -0.0199. The van der Waals surface area contributed by atoms with Crippen molar-refractivity contribution in [2.45, 2.75) is 12.5 Å². The van der Waals surface area contributed by atoms with Gasteiger partial charge in [-0.05, 0) is 24.6 Å². The van der Waals surface area contributed by atoms with Gasteiger partial charge in [0.2, 0.25) is 0 Å². The minimum Gasteiger partial charge on any atom is -0.465 e. The Bertz CT molecular complexity index is 894. The Balaban J connectivity index is 1.78. The van der Waals surface area contributed by atoms with Crippen LogP contribution in [-0.2, 0) is 0 Å². The van der Waals surface area contributed by atoms with E-state index in [1.807, 2.05) is 0 Å². The second-order valence-electron chi connectivity index (χ2n) is 5.99. The van der Waals surface area contributed by atoms with E-state index in [0.717, 1.165) is 29.3 Å². The van der Waals surface area contributed by atoms with Crippen LogP contribution < -0.4 is 10.6 Å². The van der Waals surface area contributed by atoms with Gasteiger partial charge in [0, 0.05) is 30.9 Å². The average molecular weight is 380 g/mol. The largest absolute Gasteiger partial charge is 0.465 e. The van der Waals surface area contributed by atoms with Crippen molar-refractivity contribution in [3.05, 3.63) is 53.5 Å². The lowest BCUT2D eigenvalue weighted by atomic mass is 10.2. The second-order valence-corrected chi connectivity index (χ2v) is 5.99. The predicted octanol–water partition coefficient (Wildman–Crippen LogP) is 2.72. The van der Waals surface area contributed by atoms with Crippen LogP contribution in [0.4, 0.5) is 29.5 Å². The first-order chi connectivity index (χ1) is 12.8. The molecule has 2 heterocycles. The van der Waals surface area contributed by atoms with E-state index in [0.29, 0.717) is 6.42 Å². The fourth-order valence-electron chi connectivity index (χ4n) is 2.74. The van der Waals surface area contributed by atoms with Gasteiger partial charge in [-0.3, -0.25) is 4.79 Å². The molecule has 1 aromatic carbocycles. The van der Waals surface area contributed by atoms with Crippen LogP contribution in [0.25, 0.3) is 0 Å². The molecular formula is C17H15F3N4O3. The summed E-state index contributed by atoms with van der Waals surface area (Å²) in [4.78, 5) is 28.4. The molecule has 1 aliphatic rings. The Hall–Kier alpha value is -3.30. The van der Waals surface area contributed by atoms with Crippen LogP contribution in [0.3, 0.4) is 0 Å². The molecule has 1 aliphatic heterocycles. The summed E-state index contributed by atoms with van der Waals surface area (Å²) in [7, 11) is 0. The Morgan fingerprint density at radius 3 is 2.63 bits per heavy atom. The third-order valence-electron chi connectivity index (χ3n) is 4.08. The molecule has 2 amide bonds. The molecule has 0 spiro atoms. The molecular weight excluding hydrogens is 365 g/mol. The van der Waals surface area contributed by atoms with Crippen molar-refractivity contribution in [1.29, 1.82) is 0 Å². The second kappa shape index (κ2) is 7.52. The summed E-state index contributed by atoms with van der Waals surface area (Å²) >= 11 is 0. The van der Waals surface area contributed by atoms with Crippen LogP contribution in [-0.4, -0.2) is 46.1 Å². The molecule has 3 N–H and O–H groups in total. The molecule has 2 aromatic rings. The molecule has 0 aliphatic carbocycles. The number of hydrogen-bond donors (Lipinski definition) is 3. The van der Waals surface area contributed by atoms with E-state index in [1.165, 1.54) is 6.07 Å². The average Bonchev–Trinajstić information content (AvgIpc) is 3.08. The minimum absolute atomic E-state index is 0.0482. The summed E-state index contributed by atoms with van der Waals surface area (Å²) < 4.78 is 40.0. The van der Waals surface area contributed by atoms with Gasteiger partial charge in [-0.2, -0.15) is 0 Å². The fourth-order valence-corrected chi connectivity index (χ4v) is 2.74. The van der Waals surface area contributed by atoms with E-state index >= 15 is 0 Å². The zero-order valence-electron chi connectivity index (χ0n) is 13.9. The maximum absolute atomic E-state index is 13.6. The zero-order valence-corrected chi connectivity index (χ0v) is 13.9. The Labute approximate surface area is 151 Å². The van der Waals surface area contributed by atoms with E-state index in [1.54, 1.807) is 0 Å². The van der Waals surface area contributed by atoms with Gasteiger partial charge in [-0.1, -0.05) is 0 Å². The topological polar surface area (TPSA) is 94.6 Å². The van der Waals surface area contributed by atoms with E-state index in [9.17, 15) is 22.8 Å². The molecule has 27 heavy (non-hydrogen) atoms. The molecule has 1 fully saturated rings. The molecule has 0 saturated carbocycles. The number of likely N-dealkylation sites (tertiary alicyclic amines) is 1. The Morgan fingerprint density at radius 2 is 1.96 bits per heavy atom. The van der Waals surface area contributed by atoms with E-state index in [4.69, 9.17) is 5.11 Å². The molecule has 0 radical (unpaired) electrons. The lowest BCUT2D eigenvalue weighted by Gasteiger charge is -2.16. The van der Waals surface area contributed by atoms with Gasteiger partial charge in [0.1, 0.15) is 11.6 Å². The number of hydrogen-bond acceptors (Lipinski definition) is 4. The van der Waals surface area contributed by atoms with Gasteiger partial charge in [-0.25, -0.2) is 22.9 Å². The highest BCUT2D eigenvalue weighted by molar-refractivity contribution is 5.99. The molecule has 10 heteroatoms. The number of amides is 2. The van der Waals surface area contributed by atoms with Gasteiger partial charge in [0.15, 0.2) is 11.6 Å². The third-order valence-corrected chi connectivity index (χ3v) is 4.08. The summed E-state index contributed by atoms with van der Waals surface area (Å²) in [6, 6.07) is 3.55. The molecule has 142 valence electrons. The number of nitrogens with zero attached hydrogens (tertiary/aromatic N) is 2. The van der Waals surface area contributed by atoms with Gasteiger partial charge >= 0.3 is 6.09 Å². The number of pyridine rings is 1. The Kier molecular flexibility index (Phi) is 5.15. The van der Waals surface area contributed by atoms with Crippen LogP contribution in [0.15, 0.2) is 30.5 Å². The highest BCUT2D eigenvalue weighted by Crippen LogP contribution is 2.22. The number of carbonyl (C=O) groups excluding carboxylic acids is 1. The number of carbonyl (C=O) groups is 2. The van der Waals surface area contributed by atoms with Crippen molar-refractivity contribution in [1.82, 2.24) is 15.2 Å². The standard InChI is InChI=1S/C17H15F3N4O3/c18-9-5-12(16(25)23-11-3-4-24(8-11)17(26)27)15(21-7-9)22-10-1-2-13(19)14(20)6-10/h1-2,5-7,11H,3-4,8H2,(H,21,22)(H,23,25)(H,26,27)/t11-/m1/s1. The number of halogens is 3. The number of benzene rings is 1. The first kappa shape index (κ1) is 18.5. The van der Waals surface area contributed by atoms with E-state index in [-0.39, 0.29) is 30.2 Å². The van der Waals surface area contributed by atoms with Crippen LogP contribution in [0.5, 0.6) is 0 Å². The van der Waals surface area contributed by atoms with Crippen LogP contribution in [0.2, 0.25) is 0 Å². The number of carboxylic acid groups (broad SMARTS) is 1. The molecule has 1 aromatic heterocycles. The maximum Gasteiger partial charge on any atom is 0.407 e. The quantitative estimate of drug-likeness (QED) is 0.758. The fraction of sp³-hybridized carbons (Fsp3) is 0.235. The first-order valence-electron chi connectivity index (χ1n) is 8.00. The summed E-state index contributed by atoms with van der Waals surface area (Å²) in [6.45, 7) is 0.400. The van der Waals surface area contributed by atoms with Crippen molar-refractivity contribution in [2.24, 2.45) is 0 Å². The summed E-state index contributed by atoms with van der Waals surface area (Å²) in [5.74, 6) is -3.59. The van der Waals surface area contributed by atoms with Crippen LogP contribution >= 0.6 is 0 Å². The van der Waals surface area contributed by atoms with Crippen molar-refractivity contribution in [3.8, 4) is 0 Å². The highest BCUT2D eigenvalue weighted by Gasteiger charge is 2.28. The number of rotatable bonds is 4. The van der Waals surface area contributed by atoms with Crippen LogP contribution in [0, 0.1) is 17.5 Å². The summed E-state index contributed by atoms with van der Waals surface area (Å²) in [6.07, 6.45) is 0.216. The molecule has 0 unspecified atom stereocenters. The van der Waals surface area contributed by atoms with Gasteiger partial charge in [-0.15, -0.1) is 0 Å². The first-order valence-corrected chi connectivity index (χ1v) is 8.00. The maximum atomic E-state index is 13.6. The van der Waals surface area contributed by atoms with Crippen molar-refractivity contribution in [3.63, 3.8) is 0 Å². The van der Waals surface area contributed by atoms with Gasteiger partial charge in [0.25, 0.3) is 5.91 Å². The molecule has 7 nitrogen and oxygen atoms in total. The zero-order chi connectivity index (χ0) is 19.6. The number of anilines is 2. The molecule has 1 atom stereocenters. The lowest BCUT2D eigenvalue weighted by Crippen LogP contribution is -2.38. The van der Waals surface area contributed by atoms with Gasteiger partial charge < -0.3 is 20.6 Å². The van der Waals surface area contributed by atoms with Crippen molar-refractivity contribution < 1.29 is 27.9 Å². The van der Waals surface area contributed by atoms with Crippen molar-refractivity contribution >= 4 is 23.5 Å². The van der Waals surface area contributed by atoms with Gasteiger partial charge in [0.05, 0.1) is 11.8 Å². The van der Waals surface area contributed by atoms with Crippen molar-refractivity contribution in [2.75, 3.05) is 18.4 Å². The van der Waals surface area contributed by atoms with E-state index in [2.05, 4.69) is 15.6 Å². The monoisotopic (exact) mass is 380 g/mol. The number of aromatic nitrogens is 1. The molecule has 0 bridgehead atoms. The smallest absolute Gasteiger partial charge is 0.407 e. The Morgan fingerprint density at radius 1 is 1.19 bits per heavy atom. The lowest BCUT2D eigenvalue weighted by molar-refractivity contribution is 0.0936. The molecule has 3 rings (SSSR count). The number of nitrogens with one attached hydrogen (secondary N) is 2. The van der Waals surface area contributed by atoms with E-state index < -0.39 is 35.5 Å². The SMILES string of the molecule is O=C(N[C@@H]1CCN(C(=O)O)C1)c1cc(F)cnc1Nc1ccc(F)c(F)c1. The third kappa shape index (κ3) is 4.27. The minimum atomic E-state index is -1.09. The molecule has 1 saturated heterocycles. The predicted molar refractivity (Wildman–Crippen MR) is 89.3 cm³/mol. The van der Waals surface area contributed by atoms with Crippen LogP contribution in [0.1, 0.15) is 16.8 Å². The summed E-state index contributed by atoms with van der Waals surface area (Å²) in [5, 5.41) is 14.2.